The number of ketones is 1. The number of ether oxygens (including phenoxy) is 1. The van der Waals surface area contributed by atoms with Crippen LogP contribution in [0.25, 0.3) is 0 Å². The third-order valence-corrected chi connectivity index (χ3v) is 3.49. The summed E-state index contributed by atoms with van der Waals surface area (Å²) < 4.78 is 5.33. The minimum Gasteiger partial charge on any atom is -0.496 e. The van der Waals surface area contributed by atoms with Crippen molar-refractivity contribution >= 4 is 11.7 Å². The molecule has 0 aliphatic carbocycles. The van der Waals surface area contributed by atoms with Gasteiger partial charge in [-0.3, -0.25) is 9.59 Å². The first-order valence-corrected chi connectivity index (χ1v) is 6.49. The second-order valence-corrected chi connectivity index (χ2v) is 4.99. The summed E-state index contributed by atoms with van der Waals surface area (Å²) in [4.78, 5) is 25.5. The number of methoxy groups -OCH3 is 1. The quantitative estimate of drug-likeness (QED) is 0.819. The van der Waals surface area contributed by atoms with Gasteiger partial charge < -0.3 is 9.64 Å². The van der Waals surface area contributed by atoms with Gasteiger partial charge in [-0.25, -0.2) is 0 Å². The first-order chi connectivity index (χ1) is 9.02. The van der Waals surface area contributed by atoms with Crippen LogP contribution in [0, 0.1) is 13.8 Å². The predicted octanol–water partition coefficient (Wildman–Crippen LogP) is 2.12. The van der Waals surface area contributed by atoms with Crippen molar-refractivity contribution in [2.75, 3.05) is 20.2 Å². The van der Waals surface area contributed by atoms with E-state index >= 15 is 0 Å². The van der Waals surface area contributed by atoms with Crippen molar-refractivity contribution in [1.82, 2.24) is 4.90 Å². The highest BCUT2D eigenvalue weighted by Crippen LogP contribution is 2.26. The molecule has 1 amide bonds. The molecule has 0 saturated carbocycles. The van der Waals surface area contributed by atoms with E-state index in [1.165, 1.54) is 0 Å². The smallest absolute Gasteiger partial charge is 0.257 e. The molecule has 0 bridgehead atoms. The molecule has 0 spiro atoms. The van der Waals surface area contributed by atoms with Crippen molar-refractivity contribution in [3.05, 3.63) is 28.8 Å². The zero-order valence-corrected chi connectivity index (χ0v) is 11.7. The van der Waals surface area contributed by atoms with E-state index in [-0.39, 0.29) is 11.7 Å². The summed E-state index contributed by atoms with van der Waals surface area (Å²) in [6.45, 7) is 4.91. The molecule has 2 rings (SSSR count). The van der Waals surface area contributed by atoms with Gasteiger partial charge in [-0.2, -0.15) is 0 Å². The van der Waals surface area contributed by atoms with Gasteiger partial charge in [0, 0.05) is 25.9 Å². The Bertz CT molecular complexity index is 512. The van der Waals surface area contributed by atoms with E-state index in [9.17, 15) is 9.59 Å². The third-order valence-electron chi connectivity index (χ3n) is 3.49. The number of hydrogen-bond donors (Lipinski definition) is 0. The summed E-state index contributed by atoms with van der Waals surface area (Å²) in [5.41, 5.74) is 2.60. The molecule has 102 valence electrons. The SMILES string of the molecule is COc1cc(C)cc(C)c1C(=O)N1CCC(=O)CC1. The molecule has 0 N–H and O–H groups in total. The van der Waals surface area contributed by atoms with Crippen LogP contribution in [-0.4, -0.2) is 36.8 Å². The first-order valence-electron chi connectivity index (χ1n) is 6.49. The lowest BCUT2D eigenvalue weighted by molar-refractivity contribution is -0.120. The molecule has 1 heterocycles. The fraction of sp³-hybridized carbons (Fsp3) is 0.467. The van der Waals surface area contributed by atoms with E-state index in [1.54, 1.807) is 12.0 Å². The van der Waals surface area contributed by atoms with Gasteiger partial charge in [-0.05, 0) is 31.0 Å². The number of nitrogens with zero attached hydrogens (tertiary/aromatic N) is 1. The van der Waals surface area contributed by atoms with E-state index in [0.717, 1.165) is 11.1 Å². The molecule has 1 aromatic carbocycles. The summed E-state index contributed by atoms with van der Waals surface area (Å²) in [7, 11) is 1.57. The van der Waals surface area contributed by atoms with E-state index < -0.39 is 0 Å². The third kappa shape index (κ3) is 2.78. The van der Waals surface area contributed by atoms with Crippen molar-refractivity contribution in [2.24, 2.45) is 0 Å². The Kier molecular flexibility index (Phi) is 3.88. The van der Waals surface area contributed by atoms with Gasteiger partial charge >= 0.3 is 0 Å². The fourth-order valence-electron chi connectivity index (χ4n) is 2.48. The van der Waals surface area contributed by atoms with Gasteiger partial charge in [0.2, 0.25) is 0 Å². The molecular formula is C15H19NO3. The molecule has 0 aromatic heterocycles. The first kappa shape index (κ1) is 13.6. The number of likely N-dealkylation sites (tertiary alicyclic amines) is 1. The zero-order chi connectivity index (χ0) is 14.0. The van der Waals surface area contributed by atoms with Gasteiger partial charge in [-0.15, -0.1) is 0 Å². The molecule has 4 nitrogen and oxygen atoms in total. The Morgan fingerprint density at radius 3 is 2.42 bits per heavy atom. The van der Waals surface area contributed by atoms with Crippen molar-refractivity contribution in [2.45, 2.75) is 26.7 Å². The maximum atomic E-state index is 12.6. The van der Waals surface area contributed by atoms with Crippen LogP contribution in [0.4, 0.5) is 0 Å². The number of benzene rings is 1. The lowest BCUT2D eigenvalue weighted by atomic mass is 10.0. The molecule has 19 heavy (non-hydrogen) atoms. The minimum absolute atomic E-state index is 0.0400. The number of Topliss-reactive ketones (excluding diaryl/α,β-unsaturated/α-hetero) is 1. The lowest BCUT2D eigenvalue weighted by Crippen LogP contribution is -2.39. The molecule has 1 aliphatic heterocycles. The standard InChI is InChI=1S/C15H19NO3/c1-10-8-11(2)14(13(9-10)19-3)15(18)16-6-4-12(17)5-7-16/h8-9H,4-7H2,1-3H3. The Morgan fingerprint density at radius 2 is 1.84 bits per heavy atom. The monoisotopic (exact) mass is 261 g/mol. The molecule has 1 fully saturated rings. The highest BCUT2D eigenvalue weighted by atomic mass is 16.5. The van der Waals surface area contributed by atoms with Gasteiger partial charge in [-0.1, -0.05) is 6.07 Å². The van der Waals surface area contributed by atoms with E-state index in [1.807, 2.05) is 26.0 Å². The Balaban J connectivity index is 2.30. The number of amides is 1. The fourth-order valence-corrected chi connectivity index (χ4v) is 2.48. The van der Waals surface area contributed by atoms with Crippen LogP contribution in [-0.2, 0) is 4.79 Å². The predicted molar refractivity (Wildman–Crippen MR) is 72.6 cm³/mol. The van der Waals surface area contributed by atoms with Crippen molar-refractivity contribution in [3.8, 4) is 5.75 Å². The average Bonchev–Trinajstić information content (AvgIpc) is 2.38. The van der Waals surface area contributed by atoms with E-state index in [0.29, 0.717) is 37.2 Å². The molecule has 1 aromatic rings. The molecule has 4 heteroatoms. The number of carbonyl (C=O) groups excluding carboxylic acids is 2. The summed E-state index contributed by atoms with van der Waals surface area (Å²) in [5.74, 6) is 0.804. The maximum absolute atomic E-state index is 12.6. The van der Waals surface area contributed by atoms with Crippen LogP contribution in [0.1, 0.15) is 34.3 Å². The van der Waals surface area contributed by atoms with Crippen LogP contribution in [0.15, 0.2) is 12.1 Å². The van der Waals surface area contributed by atoms with Gasteiger partial charge in [0.15, 0.2) is 0 Å². The number of carbonyl (C=O) groups is 2. The second kappa shape index (κ2) is 5.43. The second-order valence-electron chi connectivity index (χ2n) is 4.99. The van der Waals surface area contributed by atoms with E-state index in [2.05, 4.69) is 0 Å². The molecule has 0 atom stereocenters. The van der Waals surface area contributed by atoms with Crippen LogP contribution < -0.4 is 4.74 Å². The average molecular weight is 261 g/mol. The van der Waals surface area contributed by atoms with Crippen molar-refractivity contribution < 1.29 is 14.3 Å². The van der Waals surface area contributed by atoms with Crippen LogP contribution >= 0.6 is 0 Å². The lowest BCUT2D eigenvalue weighted by Gasteiger charge is -2.27. The van der Waals surface area contributed by atoms with Crippen LogP contribution in [0.3, 0.4) is 0 Å². The number of hydrogen-bond acceptors (Lipinski definition) is 3. The molecule has 1 aliphatic rings. The Morgan fingerprint density at radius 1 is 1.21 bits per heavy atom. The summed E-state index contributed by atoms with van der Waals surface area (Å²) in [6, 6.07) is 3.85. The number of piperidine rings is 1. The molecular weight excluding hydrogens is 242 g/mol. The van der Waals surface area contributed by atoms with Crippen molar-refractivity contribution in [3.63, 3.8) is 0 Å². The number of rotatable bonds is 2. The van der Waals surface area contributed by atoms with Gasteiger partial charge in [0.1, 0.15) is 11.5 Å². The highest BCUT2D eigenvalue weighted by molar-refractivity contribution is 5.99. The maximum Gasteiger partial charge on any atom is 0.257 e. The molecule has 0 unspecified atom stereocenters. The van der Waals surface area contributed by atoms with E-state index in [4.69, 9.17) is 4.74 Å². The Labute approximate surface area is 113 Å². The summed E-state index contributed by atoms with van der Waals surface area (Å²) in [6.07, 6.45) is 0.915. The van der Waals surface area contributed by atoms with Crippen LogP contribution in [0.2, 0.25) is 0 Å². The van der Waals surface area contributed by atoms with Gasteiger partial charge in [0.05, 0.1) is 12.7 Å². The normalized spacial score (nSPS) is 15.5. The minimum atomic E-state index is -0.0400. The largest absolute Gasteiger partial charge is 0.496 e. The number of aryl methyl sites for hydroxylation is 2. The Hall–Kier alpha value is -1.84. The highest BCUT2D eigenvalue weighted by Gasteiger charge is 2.25. The van der Waals surface area contributed by atoms with Crippen LogP contribution in [0.5, 0.6) is 5.75 Å². The van der Waals surface area contributed by atoms with Crippen molar-refractivity contribution in [1.29, 1.82) is 0 Å². The topological polar surface area (TPSA) is 46.6 Å². The summed E-state index contributed by atoms with van der Waals surface area (Å²) >= 11 is 0. The van der Waals surface area contributed by atoms with Gasteiger partial charge in [0.25, 0.3) is 5.91 Å². The summed E-state index contributed by atoms with van der Waals surface area (Å²) in [5, 5.41) is 0. The zero-order valence-electron chi connectivity index (χ0n) is 11.7. The molecule has 1 saturated heterocycles. The molecule has 0 radical (unpaired) electrons.